The van der Waals surface area contributed by atoms with Gasteiger partial charge in [0.25, 0.3) is 0 Å². The van der Waals surface area contributed by atoms with E-state index >= 15 is 0 Å². The van der Waals surface area contributed by atoms with Gasteiger partial charge in [-0.2, -0.15) is 0 Å². The highest BCUT2D eigenvalue weighted by Crippen LogP contribution is 2.21. The molecular formula is C20H27N3O2. The smallest absolute Gasteiger partial charge is 0.322 e. The van der Waals surface area contributed by atoms with Crippen molar-refractivity contribution in [3.63, 3.8) is 0 Å². The third kappa shape index (κ3) is 5.29. The van der Waals surface area contributed by atoms with Gasteiger partial charge in [-0.3, -0.25) is 4.98 Å². The van der Waals surface area contributed by atoms with Crippen molar-refractivity contribution in [2.24, 2.45) is 0 Å². The highest BCUT2D eigenvalue weighted by atomic mass is 16.5. The van der Waals surface area contributed by atoms with E-state index in [1.165, 1.54) is 5.56 Å². The van der Waals surface area contributed by atoms with E-state index in [-0.39, 0.29) is 12.1 Å². The molecule has 2 amide bonds. The molecule has 1 aromatic carbocycles. The zero-order valence-electron chi connectivity index (χ0n) is 15.5. The molecule has 134 valence electrons. The number of aromatic nitrogens is 1. The number of urea groups is 1. The molecule has 25 heavy (non-hydrogen) atoms. The molecule has 0 saturated carbocycles. The Balaban J connectivity index is 2.15. The maximum atomic E-state index is 12.9. The number of carbonyl (C=O) groups is 1. The fourth-order valence-corrected chi connectivity index (χ4v) is 2.65. The Morgan fingerprint density at radius 3 is 2.68 bits per heavy atom. The number of anilines is 1. The van der Waals surface area contributed by atoms with Crippen LogP contribution in [0.1, 0.15) is 36.2 Å². The predicted molar refractivity (Wildman–Crippen MR) is 101 cm³/mol. The number of hydrogen-bond donors (Lipinski definition) is 1. The van der Waals surface area contributed by atoms with Crippen molar-refractivity contribution in [2.75, 3.05) is 25.6 Å². The molecule has 0 aliphatic heterocycles. The van der Waals surface area contributed by atoms with E-state index in [1.54, 1.807) is 18.2 Å². The van der Waals surface area contributed by atoms with Crippen molar-refractivity contribution in [2.45, 2.75) is 33.2 Å². The number of methoxy groups -OCH3 is 1. The lowest BCUT2D eigenvalue weighted by atomic mass is 10.1. The molecule has 0 bridgehead atoms. The summed E-state index contributed by atoms with van der Waals surface area (Å²) in [5, 5.41) is 3.01. The highest BCUT2D eigenvalue weighted by molar-refractivity contribution is 5.89. The first-order valence-electron chi connectivity index (χ1n) is 8.57. The van der Waals surface area contributed by atoms with Gasteiger partial charge in [-0.25, -0.2) is 4.79 Å². The van der Waals surface area contributed by atoms with Crippen LogP contribution in [0.25, 0.3) is 0 Å². The van der Waals surface area contributed by atoms with Gasteiger partial charge in [-0.1, -0.05) is 12.1 Å². The fraction of sp³-hybridized carbons (Fsp3) is 0.400. The number of carbonyl (C=O) groups excluding carboxylic acids is 1. The molecule has 2 aromatic rings. The molecule has 0 spiro atoms. The molecule has 0 aliphatic rings. The van der Waals surface area contributed by atoms with Gasteiger partial charge in [-0.05, 0) is 62.6 Å². The monoisotopic (exact) mass is 341 g/mol. The lowest BCUT2D eigenvalue weighted by Gasteiger charge is -2.29. The Kier molecular flexibility index (Phi) is 6.95. The van der Waals surface area contributed by atoms with Crippen LogP contribution in [0.5, 0.6) is 0 Å². The van der Waals surface area contributed by atoms with E-state index in [0.29, 0.717) is 13.2 Å². The van der Waals surface area contributed by atoms with Crippen molar-refractivity contribution >= 4 is 11.7 Å². The van der Waals surface area contributed by atoms with E-state index < -0.39 is 0 Å². The summed E-state index contributed by atoms with van der Waals surface area (Å²) in [6, 6.07) is 11.4. The number of amides is 2. The van der Waals surface area contributed by atoms with Crippen molar-refractivity contribution < 1.29 is 9.53 Å². The molecule has 0 saturated heterocycles. The third-order valence-corrected chi connectivity index (χ3v) is 4.35. The Morgan fingerprint density at radius 2 is 2.04 bits per heavy atom. The summed E-state index contributed by atoms with van der Waals surface area (Å²) in [5.74, 6) is 0. The average Bonchev–Trinajstić information content (AvgIpc) is 2.62. The van der Waals surface area contributed by atoms with E-state index in [0.717, 1.165) is 23.4 Å². The number of aryl methyl sites for hydroxylation is 2. The van der Waals surface area contributed by atoms with Gasteiger partial charge >= 0.3 is 6.03 Å². The molecule has 0 unspecified atom stereocenters. The average molecular weight is 341 g/mol. The third-order valence-electron chi connectivity index (χ3n) is 4.35. The molecular weight excluding hydrogens is 314 g/mol. The van der Waals surface area contributed by atoms with Crippen LogP contribution in [0, 0.1) is 13.8 Å². The minimum atomic E-state index is -0.127. The Labute approximate surface area is 150 Å². The van der Waals surface area contributed by atoms with E-state index in [1.807, 2.05) is 50.2 Å². The normalized spacial score (nSPS) is 11.8. The second kappa shape index (κ2) is 9.18. The quantitative estimate of drug-likeness (QED) is 0.763. The number of nitrogens with zero attached hydrogens (tertiary/aromatic N) is 2. The summed E-state index contributed by atoms with van der Waals surface area (Å²) in [4.78, 5) is 19.1. The molecule has 0 fully saturated rings. The maximum absolute atomic E-state index is 12.9. The van der Waals surface area contributed by atoms with Crippen LogP contribution in [-0.4, -0.2) is 36.2 Å². The van der Waals surface area contributed by atoms with Crippen molar-refractivity contribution in [3.8, 4) is 0 Å². The van der Waals surface area contributed by atoms with E-state index in [2.05, 4.69) is 17.2 Å². The summed E-state index contributed by atoms with van der Waals surface area (Å²) in [6.45, 7) is 7.30. The number of pyridine rings is 1. The van der Waals surface area contributed by atoms with E-state index in [9.17, 15) is 4.79 Å². The molecule has 1 atom stereocenters. The molecule has 1 N–H and O–H groups in total. The van der Waals surface area contributed by atoms with E-state index in [4.69, 9.17) is 4.74 Å². The van der Waals surface area contributed by atoms with Crippen LogP contribution < -0.4 is 5.32 Å². The summed E-state index contributed by atoms with van der Waals surface area (Å²) < 4.78 is 5.13. The Bertz CT molecular complexity index is 689. The molecule has 1 aromatic heterocycles. The summed E-state index contributed by atoms with van der Waals surface area (Å²) >= 11 is 0. The predicted octanol–water partition coefficient (Wildman–Crippen LogP) is 4.33. The summed E-state index contributed by atoms with van der Waals surface area (Å²) in [7, 11) is 1.67. The summed E-state index contributed by atoms with van der Waals surface area (Å²) in [6.07, 6.45) is 2.52. The molecule has 5 heteroatoms. The SMILES string of the molecule is COCCCN(C(=O)Nc1ccc(C)c(C)c1)[C@@H](C)c1ccccn1. The first-order chi connectivity index (χ1) is 12.0. The van der Waals surface area contributed by atoms with Crippen LogP contribution in [0.3, 0.4) is 0 Å². The van der Waals surface area contributed by atoms with Crippen LogP contribution in [-0.2, 0) is 4.74 Å². The maximum Gasteiger partial charge on any atom is 0.322 e. The molecule has 0 radical (unpaired) electrons. The number of benzene rings is 1. The van der Waals surface area contributed by atoms with Gasteiger partial charge in [0.05, 0.1) is 11.7 Å². The van der Waals surface area contributed by atoms with Crippen molar-refractivity contribution in [1.82, 2.24) is 9.88 Å². The number of rotatable bonds is 7. The minimum Gasteiger partial charge on any atom is -0.385 e. The van der Waals surface area contributed by atoms with Crippen LogP contribution in [0.2, 0.25) is 0 Å². The number of ether oxygens (including phenoxy) is 1. The molecule has 5 nitrogen and oxygen atoms in total. The lowest BCUT2D eigenvalue weighted by Crippen LogP contribution is -2.38. The van der Waals surface area contributed by atoms with Crippen LogP contribution in [0.15, 0.2) is 42.6 Å². The Morgan fingerprint density at radius 1 is 1.24 bits per heavy atom. The van der Waals surface area contributed by atoms with Crippen LogP contribution >= 0.6 is 0 Å². The van der Waals surface area contributed by atoms with Crippen LogP contribution in [0.4, 0.5) is 10.5 Å². The number of nitrogens with one attached hydrogen (secondary N) is 1. The second-order valence-corrected chi connectivity index (χ2v) is 6.20. The first kappa shape index (κ1) is 18.9. The van der Waals surface area contributed by atoms with Gasteiger partial charge in [0.2, 0.25) is 0 Å². The zero-order valence-corrected chi connectivity index (χ0v) is 15.5. The van der Waals surface area contributed by atoms with Crippen molar-refractivity contribution in [1.29, 1.82) is 0 Å². The fourth-order valence-electron chi connectivity index (χ4n) is 2.65. The Hall–Kier alpha value is -2.40. The molecule has 2 rings (SSSR count). The van der Waals surface area contributed by atoms with Gasteiger partial charge in [0, 0.05) is 32.1 Å². The van der Waals surface area contributed by atoms with Gasteiger partial charge in [0.1, 0.15) is 0 Å². The number of hydrogen-bond acceptors (Lipinski definition) is 3. The zero-order chi connectivity index (χ0) is 18.2. The molecule has 0 aliphatic carbocycles. The largest absolute Gasteiger partial charge is 0.385 e. The minimum absolute atomic E-state index is 0.121. The lowest BCUT2D eigenvalue weighted by molar-refractivity contribution is 0.160. The molecule has 1 heterocycles. The standard InChI is InChI=1S/C20H27N3O2/c1-15-9-10-18(14-16(15)2)22-20(24)23(12-7-13-25-4)17(3)19-8-5-6-11-21-19/h5-6,8-11,14,17H,7,12-13H2,1-4H3,(H,22,24)/t17-/m0/s1. The van der Waals surface area contributed by atoms with Gasteiger partial charge in [-0.15, -0.1) is 0 Å². The van der Waals surface area contributed by atoms with Gasteiger partial charge < -0.3 is 15.0 Å². The van der Waals surface area contributed by atoms with Crippen molar-refractivity contribution in [3.05, 3.63) is 59.4 Å². The van der Waals surface area contributed by atoms with Gasteiger partial charge in [0.15, 0.2) is 0 Å². The summed E-state index contributed by atoms with van der Waals surface area (Å²) in [5.41, 5.74) is 4.03. The second-order valence-electron chi connectivity index (χ2n) is 6.20. The topological polar surface area (TPSA) is 54.5 Å². The first-order valence-corrected chi connectivity index (χ1v) is 8.57. The highest BCUT2D eigenvalue weighted by Gasteiger charge is 2.22.